The Labute approximate surface area is 139 Å². The number of carbonyl (C=O) groups excluding carboxylic acids is 2. The number of esters is 1. The van der Waals surface area contributed by atoms with Crippen molar-refractivity contribution in [2.45, 2.75) is 26.1 Å². The largest absolute Gasteiger partial charge is 0.479 e. The minimum Gasteiger partial charge on any atom is -0.479 e. The van der Waals surface area contributed by atoms with Crippen molar-refractivity contribution in [3.63, 3.8) is 0 Å². The molecule has 0 bridgehead atoms. The molecule has 0 saturated carbocycles. The summed E-state index contributed by atoms with van der Waals surface area (Å²) in [7, 11) is 0. The number of hydrogen-bond donors (Lipinski definition) is 1. The Morgan fingerprint density at radius 1 is 0.958 bits per heavy atom. The summed E-state index contributed by atoms with van der Waals surface area (Å²) in [5.74, 6) is -1.19. The van der Waals surface area contributed by atoms with Crippen molar-refractivity contribution in [2.75, 3.05) is 5.32 Å². The van der Waals surface area contributed by atoms with Gasteiger partial charge in [-0.25, -0.2) is 9.18 Å². The number of benzene rings is 2. The summed E-state index contributed by atoms with van der Waals surface area (Å²) < 4.78 is 23.3. The minimum absolute atomic E-state index is 0.335. The molecule has 2 aromatic carbocycles. The molecule has 0 aliphatic rings. The molecule has 24 heavy (non-hydrogen) atoms. The van der Waals surface area contributed by atoms with Gasteiger partial charge in [0.1, 0.15) is 11.6 Å². The van der Waals surface area contributed by atoms with E-state index in [4.69, 9.17) is 9.47 Å². The van der Waals surface area contributed by atoms with Gasteiger partial charge in [-0.3, -0.25) is 4.79 Å². The fourth-order valence-electron chi connectivity index (χ4n) is 1.85. The highest BCUT2D eigenvalue weighted by Crippen LogP contribution is 2.14. The molecule has 0 spiro atoms. The SMILES string of the molecule is C[C@@H](OC(=O)[C@@H](C)Oc1ccc(F)cc1)C(=O)Nc1ccccc1. The zero-order valence-electron chi connectivity index (χ0n) is 13.4. The lowest BCUT2D eigenvalue weighted by atomic mass is 10.3. The van der Waals surface area contributed by atoms with Crippen molar-refractivity contribution >= 4 is 17.6 Å². The highest BCUT2D eigenvalue weighted by molar-refractivity contribution is 5.95. The van der Waals surface area contributed by atoms with E-state index < -0.39 is 29.9 Å². The molecular weight excluding hydrogens is 313 g/mol. The van der Waals surface area contributed by atoms with E-state index in [9.17, 15) is 14.0 Å². The Balaban J connectivity index is 1.85. The number of halogens is 1. The molecule has 2 aromatic rings. The maximum atomic E-state index is 12.8. The van der Waals surface area contributed by atoms with E-state index in [-0.39, 0.29) is 0 Å². The Morgan fingerprint density at radius 3 is 2.21 bits per heavy atom. The van der Waals surface area contributed by atoms with Crippen LogP contribution in [-0.2, 0) is 14.3 Å². The molecule has 6 heteroatoms. The lowest BCUT2D eigenvalue weighted by Crippen LogP contribution is -2.35. The van der Waals surface area contributed by atoms with Crippen LogP contribution in [-0.4, -0.2) is 24.1 Å². The summed E-state index contributed by atoms with van der Waals surface area (Å²) in [5, 5.41) is 2.64. The van der Waals surface area contributed by atoms with Crippen LogP contribution in [0.15, 0.2) is 54.6 Å². The summed E-state index contributed by atoms with van der Waals surface area (Å²) in [4.78, 5) is 24.0. The minimum atomic E-state index is -0.975. The van der Waals surface area contributed by atoms with Crippen LogP contribution in [0, 0.1) is 5.82 Å². The third-order valence-corrected chi connectivity index (χ3v) is 3.16. The van der Waals surface area contributed by atoms with Crippen LogP contribution in [0.3, 0.4) is 0 Å². The molecule has 0 radical (unpaired) electrons. The van der Waals surface area contributed by atoms with Gasteiger partial charge in [0.25, 0.3) is 5.91 Å². The third kappa shape index (κ3) is 5.08. The van der Waals surface area contributed by atoms with Gasteiger partial charge in [0.05, 0.1) is 0 Å². The van der Waals surface area contributed by atoms with E-state index in [1.165, 1.54) is 38.1 Å². The van der Waals surface area contributed by atoms with Crippen LogP contribution in [0.1, 0.15) is 13.8 Å². The van der Waals surface area contributed by atoms with Crippen LogP contribution in [0.5, 0.6) is 5.75 Å². The topological polar surface area (TPSA) is 64.6 Å². The lowest BCUT2D eigenvalue weighted by molar-refractivity contribution is -0.159. The molecule has 1 N–H and O–H groups in total. The van der Waals surface area contributed by atoms with Gasteiger partial charge in [0.2, 0.25) is 0 Å². The molecule has 0 aliphatic carbocycles. The van der Waals surface area contributed by atoms with Gasteiger partial charge < -0.3 is 14.8 Å². The molecule has 2 atom stereocenters. The van der Waals surface area contributed by atoms with Crippen LogP contribution < -0.4 is 10.1 Å². The van der Waals surface area contributed by atoms with Gasteiger partial charge in [-0.15, -0.1) is 0 Å². The van der Waals surface area contributed by atoms with Crippen molar-refractivity contribution < 1.29 is 23.5 Å². The molecular formula is C18H18FNO4. The molecule has 0 heterocycles. The zero-order valence-corrected chi connectivity index (χ0v) is 13.4. The predicted octanol–water partition coefficient (Wildman–Crippen LogP) is 3.16. The normalized spacial score (nSPS) is 12.8. The molecule has 126 valence electrons. The fraction of sp³-hybridized carbons (Fsp3) is 0.222. The Kier molecular flexibility index (Phi) is 5.89. The van der Waals surface area contributed by atoms with Gasteiger partial charge >= 0.3 is 5.97 Å². The number of hydrogen-bond acceptors (Lipinski definition) is 4. The monoisotopic (exact) mass is 331 g/mol. The maximum Gasteiger partial charge on any atom is 0.347 e. The molecule has 0 saturated heterocycles. The molecule has 2 rings (SSSR count). The molecule has 5 nitrogen and oxygen atoms in total. The third-order valence-electron chi connectivity index (χ3n) is 3.16. The number of anilines is 1. The highest BCUT2D eigenvalue weighted by Gasteiger charge is 2.23. The quantitative estimate of drug-likeness (QED) is 0.826. The maximum absolute atomic E-state index is 12.8. The van der Waals surface area contributed by atoms with E-state index in [0.29, 0.717) is 11.4 Å². The number of para-hydroxylation sites is 1. The van der Waals surface area contributed by atoms with Crippen LogP contribution in [0.4, 0.5) is 10.1 Å². The second-order valence-electron chi connectivity index (χ2n) is 5.15. The standard InChI is InChI=1S/C18H18FNO4/c1-12(17(21)20-15-6-4-3-5-7-15)24-18(22)13(2)23-16-10-8-14(19)9-11-16/h3-13H,1-2H3,(H,20,21)/t12-,13-/m1/s1. The van der Waals surface area contributed by atoms with E-state index in [1.807, 2.05) is 6.07 Å². The summed E-state index contributed by atoms with van der Waals surface area (Å²) >= 11 is 0. The molecule has 1 amide bonds. The van der Waals surface area contributed by atoms with Crippen LogP contribution >= 0.6 is 0 Å². The molecule has 0 aromatic heterocycles. The molecule has 0 unspecified atom stereocenters. The smallest absolute Gasteiger partial charge is 0.347 e. The first-order chi connectivity index (χ1) is 11.5. The first-order valence-electron chi connectivity index (χ1n) is 7.44. The summed E-state index contributed by atoms with van der Waals surface area (Å²) in [6, 6.07) is 14.1. The van der Waals surface area contributed by atoms with E-state index in [2.05, 4.69) is 5.32 Å². The lowest BCUT2D eigenvalue weighted by Gasteiger charge is -2.17. The van der Waals surface area contributed by atoms with Crippen molar-refractivity contribution in [2.24, 2.45) is 0 Å². The van der Waals surface area contributed by atoms with Crippen LogP contribution in [0.25, 0.3) is 0 Å². The Morgan fingerprint density at radius 2 is 1.58 bits per heavy atom. The summed E-state index contributed by atoms with van der Waals surface area (Å²) in [6.45, 7) is 2.97. The predicted molar refractivity (Wildman–Crippen MR) is 87.1 cm³/mol. The first-order valence-corrected chi connectivity index (χ1v) is 7.44. The number of ether oxygens (including phenoxy) is 2. The zero-order chi connectivity index (χ0) is 17.5. The first kappa shape index (κ1) is 17.5. The average Bonchev–Trinajstić information content (AvgIpc) is 2.57. The van der Waals surface area contributed by atoms with Crippen molar-refractivity contribution in [3.8, 4) is 5.75 Å². The number of amides is 1. The summed E-state index contributed by atoms with van der Waals surface area (Å²) in [6.07, 6.45) is -1.90. The second kappa shape index (κ2) is 8.10. The van der Waals surface area contributed by atoms with Crippen LogP contribution in [0.2, 0.25) is 0 Å². The van der Waals surface area contributed by atoms with Gasteiger partial charge in [-0.1, -0.05) is 18.2 Å². The second-order valence-corrected chi connectivity index (χ2v) is 5.15. The Bertz CT molecular complexity index is 688. The fourth-order valence-corrected chi connectivity index (χ4v) is 1.85. The number of nitrogens with one attached hydrogen (secondary N) is 1. The summed E-state index contributed by atoms with van der Waals surface area (Å²) in [5.41, 5.74) is 0.612. The van der Waals surface area contributed by atoms with E-state index in [1.54, 1.807) is 24.3 Å². The van der Waals surface area contributed by atoms with Crippen molar-refractivity contribution in [1.29, 1.82) is 0 Å². The highest BCUT2D eigenvalue weighted by atomic mass is 19.1. The number of rotatable bonds is 6. The van der Waals surface area contributed by atoms with Crippen molar-refractivity contribution in [3.05, 3.63) is 60.4 Å². The van der Waals surface area contributed by atoms with E-state index >= 15 is 0 Å². The number of carbonyl (C=O) groups is 2. The van der Waals surface area contributed by atoms with Crippen molar-refractivity contribution in [1.82, 2.24) is 0 Å². The van der Waals surface area contributed by atoms with Gasteiger partial charge in [-0.2, -0.15) is 0 Å². The average molecular weight is 331 g/mol. The van der Waals surface area contributed by atoms with Gasteiger partial charge in [0, 0.05) is 5.69 Å². The van der Waals surface area contributed by atoms with Gasteiger partial charge in [0.15, 0.2) is 12.2 Å². The van der Waals surface area contributed by atoms with Gasteiger partial charge in [-0.05, 0) is 50.2 Å². The molecule has 0 aliphatic heterocycles. The Hall–Kier alpha value is -2.89. The van der Waals surface area contributed by atoms with E-state index in [0.717, 1.165) is 0 Å². The molecule has 0 fully saturated rings.